The van der Waals surface area contributed by atoms with Gasteiger partial charge in [-0.05, 0) is 48.6 Å². The van der Waals surface area contributed by atoms with E-state index in [1.165, 1.54) is 17.5 Å². The van der Waals surface area contributed by atoms with Crippen LogP contribution >= 0.6 is 27.5 Å². The standard InChI is InChI=1S/C13H17BrClN/c1-8(2)5-13-11-6-9(14)7-12(15)10(11)3-4-16-13/h6-8,13,16H,3-5H2,1-2H3. The second-order valence-electron chi connectivity index (χ2n) is 4.84. The van der Waals surface area contributed by atoms with Gasteiger partial charge in [0.05, 0.1) is 0 Å². The zero-order valence-electron chi connectivity index (χ0n) is 9.69. The highest BCUT2D eigenvalue weighted by Crippen LogP contribution is 2.34. The van der Waals surface area contributed by atoms with Gasteiger partial charge in [-0.15, -0.1) is 0 Å². The number of hydrogen-bond acceptors (Lipinski definition) is 1. The van der Waals surface area contributed by atoms with Crippen molar-refractivity contribution in [3.8, 4) is 0 Å². The van der Waals surface area contributed by atoms with E-state index < -0.39 is 0 Å². The molecule has 1 atom stereocenters. The maximum Gasteiger partial charge on any atom is 0.0453 e. The van der Waals surface area contributed by atoms with Crippen molar-refractivity contribution in [2.75, 3.05) is 6.54 Å². The molecule has 0 bridgehead atoms. The summed E-state index contributed by atoms with van der Waals surface area (Å²) in [6, 6.07) is 4.66. The number of fused-ring (bicyclic) bond motifs is 1. The molecule has 2 rings (SSSR count). The third-order valence-electron chi connectivity index (χ3n) is 3.04. The number of rotatable bonds is 2. The van der Waals surface area contributed by atoms with Crippen LogP contribution in [0.15, 0.2) is 16.6 Å². The smallest absolute Gasteiger partial charge is 0.0453 e. The second kappa shape index (κ2) is 5.07. The van der Waals surface area contributed by atoms with Gasteiger partial charge in [0.2, 0.25) is 0 Å². The lowest BCUT2D eigenvalue weighted by Gasteiger charge is -2.29. The Morgan fingerprint density at radius 2 is 2.25 bits per heavy atom. The van der Waals surface area contributed by atoms with Gasteiger partial charge in [-0.2, -0.15) is 0 Å². The van der Waals surface area contributed by atoms with Crippen LogP contribution in [0.2, 0.25) is 5.02 Å². The van der Waals surface area contributed by atoms with E-state index >= 15 is 0 Å². The van der Waals surface area contributed by atoms with Crippen molar-refractivity contribution < 1.29 is 0 Å². The topological polar surface area (TPSA) is 12.0 Å². The molecule has 16 heavy (non-hydrogen) atoms. The van der Waals surface area contributed by atoms with Crippen LogP contribution in [0.5, 0.6) is 0 Å². The molecule has 0 saturated carbocycles. The van der Waals surface area contributed by atoms with Crippen molar-refractivity contribution in [1.29, 1.82) is 0 Å². The maximum atomic E-state index is 6.29. The summed E-state index contributed by atoms with van der Waals surface area (Å²) in [5.41, 5.74) is 2.70. The van der Waals surface area contributed by atoms with E-state index in [1.54, 1.807) is 0 Å². The number of hydrogen-bond donors (Lipinski definition) is 1. The van der Waals surface area contributed by atoms with E-state index in [4.69, 9.17) is 11.6 Å². The van der Waals surface area contributed by atoms with Crippen molar-refractivity contribution in [3.05, 3.63) is 32.8 Å². The number of nitrogens with one attached hydrogen (secondary N) is 1. The summed E-state index contributed by atoms with van der Waals surface area (Å²) < 4.78 is 1.08. The third-order valence-corrected chi connectivity index (χ3v) is 3.84. The Bertz CT molecular complexity index is 390. The molecule has 3 heteroatoms. The SMILES string of the molecule is CC(C)CC1NCCc2c(Cl)cc(Br)cc21. The molecule has 88 valence electrons. The average molecular weight is 303 g/mol. The molecule has 1 heterocycles. The number of benzene rings is 1. The molecule has 0 saturated heterocycles. The molecule has 1 N–H and O–H groups in total. The van der Waals surface area contributed by atoms with E-state index in [-0.39, 0.29) is 0 Å². The Labute approximate surface area is 111 Å². The fraction of sp³-hybridized carbons (Fsp3) is 0.538. The monoisotopic (exact) mass is 301 g/mol. The molecular weight excluding hydrogens is 286 g/mol. The van der Waals surface area contributed by atoms with E-state index in [0.29, 0.717) is 12.0 Å². The van der Waals surface area contributed by atoms with E-state index in [2.05, 4.69) is 41.2 Å². The fourth-order valence-electron chi connectivity index (χ4n) is 2.36. The predicted octanol–water partition coefficient (Wildman–Crippen LogP) is 4.34. The van der Waals surface area contributed by atoms with Gasteiger partial charge in [0, 0.05) is 15.5 Å². The molecule has 1 aliphatic rings. The van der Waals surface area contributed by atoms with Gasteiger partial charge >= 0.3 is 0 Å². The lowest BCUT2D eigenvalue weighted by Crippen LogP contribution is -2.31. The molecular formula is C13H17BrClN. The van der Waals surface area contributed by atoms with E-state index in [0.717, 1.165) is 22.5 Å². The summed E-state index contributed by atoms with van der Waals surface area (Å²) in [5.74, 6) is 0.696. The lowest BCUT2D eigenvalue weighted by molar-refractivity contribution is 0.414. The Hall–Kier alpha value is -0.0500. The van der Waals surface area contributed by atoms with Gasteiger partial charge in [-0.3, -0.25) is 0 Å². The van der Waals surface area contributed by atoms with Crippen molar-refractivity contribution in [2.24, 2.45) is 5.92 Å². The zero-order chi connectivity index (χ0) is 11.7. The fourth-order valence-corrected chi connectivity index (χ4v) is 3.29. The molecule has 0 radical (unpaired) electrons. The molecule has 1 aromatic carbocycles. The Morgan fingerprint density at radius 3 is 2.94 bits per heavy atom. The first-order valence-electron chi connectivity index (χ1n) is 5.79. The van der Waals surface area contributed by atoms with Gasteiger partial charge in [-0.1, -0.05) is 41.4 Å². The first-order valence-corrected chi connectivity index (χ1v) is 6.96. The van der Waals surface area contributed by atoms with Crippen LogP contribution < -0.4 is 5.32 Å². The summed E-state index contributed by atoms with van der Waals surface area (Å²) in [5, 5.41) is 4.48. The van der Waals surface area contributed by atoms with E-state index in [9.17, 15) is 0 Å². The Kier molecular flexibility index (Phi) is 3.93. The van der Waals surface area contributed by atoms with Crippen LogP contribution in [0.4, 0.5) is 0 Å². The minimum atomic E-state index is 0.457. The molecule has 0 spiro atoms. The average Bonchev–Trinajstić information content (AvgIpc) is 2.18. The minimum Gasteiger partial charge on any atom is -0.310 e. The number of halogens is 2. The van der Waals surface area contributed by atoms with Gasteiger partial charge in [0.25, 0.3) is 0 Å². The molecule has 0 amide bonds. The van der Waals surface area contributed by atoms with Crippen molar-refractivity contribution in [2.45, 2.75) is 32.7 Å². The molecule has 1 nitrogen and oxygen atoms in total. The first-order chi connectivity index (χ1) is 7.58. The second-order valence-corrected chi connectivity index (χ2v) is 6.16. The summed E-state index contributed by atoms with van der Waals surface area (Å²) in [4.78, 5) is 0. The van der Waals surface area contributed by atoms with E-state index in [1.807, 2.05) is 6.07 Å². The molecule has 0 fully saturated rings. The third kappa shape index (κ3) is 2.61. The summed E-state index contributed by atoms with van der Waals surface area (Å²) >= 11 is 9.81. The molecule has 1 aliphatic heterocycles. The molecule has 0 aliphatic carbocycles. The summed E-state index contributed by atoms with van der Waals surface area (Å²) in [7, 11) is 0. The van der Waals surface area contributed by atoms with Crippen LogP contribution in [0.1, 0.15) is 37.4 Å². The summed E-state index contributed by atoms with van der Waals surface area (Å²) in [6.45, 7) is 5.55. The zero-order valence-corrected chi connectivity index (χ0v) is 12.0. The van der Waals surface area contributed by atoms with Gasteiger partial charge in [-0.25, -0.2) is 0 Å². The van der Waals surface area contributed by atoms with Gasteiger partial charge < -0.3 is 5.32 Å². The predicted molar refractivity (Wildman–Crippen MR) is 73.1 cm³/mol. The van der Waals surface area contributed by atoms with Crippen molar-refractivity contribution >= 4 is 27.5 Å². The Morgan fingerprint density at radius 1 is 1.50 bits per heavy atom. The molecule has 0 aromatic heterocycles. The highest BCUT2D eigenvalue weighted by atomic mass is 79.9. The van der Waals surface area contributed by atoms with Crippen LogP contribution in [0.25, 0.3) is 0 Å². The van der Waals surface area contributed by atoms with Gasteiger partial charge in [0.1, 0.15) is 0 Å². The van der Waals surface area contributed by atoms with Crippen LogP contribution in [0.3, 0.4) is 0 Å². The normalized spacial score (nSPS) is 19.9. The lowest BCUT2D eigenvalue weighted by atomic mass is 9.89. The Balaban J connectivity index is 2.37. The first kappa shape index (κ1) is 12.4. The maximum absolute atomic E-state index is 6.29. The van der Waals surface area contributed by atoms with Crippen LogP contribution in [-0.4, -0.2) is 6.54 Å². The molecule has 1 unspecified atom stereocenters. The van der Waals surface area contributed by atoms with Gasteiger partial charge in [0.15, 0.2) is 0 Å². The van der Waals surface area contributed by atoms with Crippen LogP contribution in [0, 0.1) is 5.92 Å². The van der Waals surface area contributed by atoms with Crippen LogP contribution in [-0.2, 0) is 6.42 Å². The highest BCUT2D eigenvalue weighted by molar-refractivity contribution is 9.10. The minimum absolute atomic E-state index is 0.457. The quantitative estimate of drug-likeness (QED) is 0.857. The van der Waals surface area contributed by atoms with Crippen molar-refractivity contribution in [1.82, 2.24) is 5.32 Å². The highest BCUT2D eigenvalue weighted by Gasteiger charge is 2.22. The largest absolute Gasteiger partial charge is 0.310 e. The summed E-state index contributed by atoms with van der Waals surface area (Å²) in [6.07, 6.45) is 2.20. The van der Waals surface area contributed by atoms with Crippen molar-refractivity contribution in [3.63, 3.8) is 0 Å². The molecule has 1 aromatic rings.